The first-order valence-corrected chi connectivity index (χ1v) is 5.46. The molecule has 0 spiro atoms. The summed E-state index contributed by atoms with van der Waals surface area (Å²) in [5, 5.41) is 11.0. The lowest BCUT2D eigenvalue weighted by molar-refractivity contribution is 0.0697. The third-order valence-electron chi connectivity index (χ3n) is 2.69. The SMILES string of the molecule is CCCc1ccc2cc(C(=O)O)ccc2c1. The zero-order valence-electron chi connectivity index (χ0n) is 9.23. The Morgan fingerprint density at radius 1 is 1.12 bits per heavy atom. The van der Waals surface area contributed by atoms with Gasteiger partial charge in [-0.3, -0.25) is 0 Å². The summed E-state index contributed by atoms with van der Waals surface area (Å²) in [6.45, 7) is 2.15. The largest absolute Gasteiger partial charge is 0.478 e. The van der Waals surface area contributed by atoms with Gasteiger partial charge in [-0.05, 0) is 34.9 Å². The van der Waals surface area contributed by atoms with Crippen LogP contribution in [0.25, 0.3) is 10.8 Å². The second kappa shape index (κ2) is 4.35. The molecule has 2 aromatic carbocycles. The van der Waals surface area contributed by atoms with Crippen molar-refractivity contribution in [2.24, 2.45) is 0 Å². The van der Waals surface area contributed by atoms with Crippen LogP contribution in [0, 0.1) is 0 Å². The average molecular weight is 214 g/mol. The molecule has 0 atom stereocenters. The number of hydrogen-bond donors (Lipinski definition) is 1. The lowest BCUT2D eigenvalue weighted by Crippen LogP contribution is -1.95. The molecule has 0 bridgehead atoms. The van der Waals surface area contributed by atoms with Gasteiger partial charge in [0.25, 0.3) is 0 Å². The summed E-state index contributed by atoms with van der Waals surface area (Å²) in [6, 6.07) is 11.4. The maximum atomic E-state index is 10.8. The highest BCUT2D eigenvalue weighted by atomic mass is 16.4. The van der Waals surface area contributed by atoms with Crippen LogP contribution in [-0.2, 0) is 6.42 Å². The fourth-order valence-electron chi connectivity index (χ4n) is 1.87. The maximum absolute atomic E-state index is 10.8. The number of carboxylic acid groups (broad SMARTS) is 1. The summed E-state index contributed by atoms with van der Waals surface area (Å²) in [7, 11) is 0. The van der Waals surface area contributed by atoms with Gasteiger partial charge in [0.15, 0.2) is 0 Å². The number of hydrogen-bond acceptors (Lipinski definition) is 1. The Hall–Kier alpha value is -1.83. The van der Waals surface area contributed by atoms with Crippen LogP contribution in [0.4, 0.5) is 0 Å². The van der Waals surface area contributed by atoms with Gasteiger partial charge in [-0.25, -0.2) is 4.79 Å². The molecule has 16 heavy (non-hydrogen) atoms. The standard InChI is InChI=1S/C14H14O2/c1-2-3-10-4-5-12-9-13(14(15)16)7-6-11(12)8-10/h4-9H,2-3H2,1H3,(H,15,16). The summed E-state index contributed by atoms with van der Waals surface area (Å²) in [5.74, 6) is -0.875. The van der Waals surface area contributed by atoms with Crippen molar-refractivity contribution in [3.8, 4) is 0 Å². The molecule has 1 N–H and O–H groups in total. The molecule has 0 amide bonds. The normalized spacial score (nSPS) is 10.6. The van der Waals surface area contributed by atoms with E-state index in [0.717, 1.165) is 23.6 Å². The zero-order valence-corrected chi connectivity index (χ0v) is 9.23. The van der Waals surface area contributed by atoms with Gasteiger partial charge in [-0.2, -0.15) is 0 Å². The number of carbonyl (C=O) groups is 1. The molecule has 82 valence electrons. The van der Waals surface area contributed by atoms with Crippen molar-refractivity contribution in [1.82, 2.24) is 0 Å². The summed E-state index contributed by atoms with van der Waals surface area (Å²) in [6.07, 6.45) is 2.19. The van der Waals surface area contributed by atoms with Gasteiger partial charge < -0.3 is 5.11 Å². The molecule has 2 rings (SSSR count). The molecule has 0 heterocycles. The van der Waals surface area contributed by atoms with E-state index in [1.807, 2.05) is 12.1 Å². The van der Waals surface area contributed by atoms with Gasteiger partial charge in [0.2, 0.25) is 0 Å². The van der Waals surface area contributed by atoms with E-state index in [2.05, 4.69) is 19.1 Å². The van der Waals surface area contributed by atoms with Crippen LogP contribution in [-0.4, -0.2) is 11.1 Å². The molecule has 2 heteroatoms. The van der Waals surface area contributed by atoms with E-state index in [1.165, 1.54) is 5.56 Å². The maximum Gasteiger partial charge on any atom is 0.335 e. The van der Waals surface area contributed by atoms with Crippen LogP contribution in [0.15, 0.2) is 36.4 Å². The van der Waals surface area contributed by atoms with Crippen molar-refractivity contribution in [1.29, 1.82) is 0 Å². The van der Waals surface area contributed by atoms with Crippen LogP contribution in [0.2, 0.25) is 0 Å². The third kappa shape index (κ3) is 2.06. The zero-order chi connectivity index (χ0) is 11.5. The van der Waals surface area contributed by atoms with E-state index in [1.54, 1.807) is 12.1 Å². The van der Waals surface area contributed by atoms with Gasteiger partial charge >= 0.3 is 5.97 Å². The summed E-state index contributed by atoms with van der Waals surface area (Å²) in [5.41, 5.74) is 1.65. The van der Waals surface area contributed by atoms with Crippen LogP contribution in [0.5, 0.6) is 0 Å². The first kappa shape index (κ1) is 10.7. The Morgan fingerprint density at radius 3 is 2.50 bits per heavy atom. The Labute approximate surface area is 94.5 Å². The highest BCUT2D eigenvalue weighted by molar-refractivity contribution is 5.94. The van der Waals surface area contributed by atoms with E-state index in [9.17, 15) is 4.79 Å². The van der Waals surface area contributed by atoms with Gasteiger partial charge in [0.05, 0.1) is 5.56 Å². The number of carboxylic acids is 1. The van der Waals surface area contributed by atoms with Crippen molar-refractivity contribution in [2.45, 2.75) is 19.8 Å². The molecule has 2 aromatic rings. The van der Waals surface area contributed by atoms with Crippen molar-refractivity contribution in [3.05, 3.63) is 47.5 Å². The minimum atomic E-state index is -0.875. The van der Waals surface area contributed by atoms with Gasteiger partial charge in [-0.15, -0.1) is 0 Å². The Morgan fingerprint density at radius 2 is 1.81 bits per heavy atom. The number of aromatic carboxylic acids is 1. The number of fused-ring (bicyclic) bond motifs is 1. The molecule has 0 saturated heterocycles. The van der Waals surface area contributed by atoms with Crippen LogP contribution < -0.4 is 0 Å². The van der Waals surface area contributed by atoms with E-state index in [0.29, 0.717) is 5.56 Å². The summed E-state index contributed by atoms with van der Waals surface area (Å²) >= 11 is 0. The molecule has 0 aliphatic heterocycles. The summed E-state index contributed by atoms with van der Waals surface area (Å²) < 4.78 is 0. The van der Waals surface area contributed by atoms with Gasteiger partial charge in [0.1, 0.15) is 0 Å². The average Bonchev–Trinajstić information content (AvgIpc) is 2.28. The molecular formula is C14H14O2. The third-order valence-corrected chi connectivity index (χ3v) is 2.69. The fourth-order valence-corrected chi connectivity index (χ4v) is 1.87. The Kier molecular flexibility index (Phi) is 2.91. The van der Waals surface area contributed by atoms with E-state index < -0.39 is 5.97 Å². The molecule has 2 nitrogen and oxygen atoms in total. The quantitative estimate of drug-likeness (QED) is 0.849. The Balaban J connectivity index is 2.48. The monoisotopic (exact) mass is 214 g/mol. The lowest BCUT2D eigenvalue weighted by atomic mass is 10.0. The summed E-state index contributed by atoms with van der Waals surface area (Å²) in [4.78, 5) is 10.8. The van der Waals surface area contributed by atoms with Crippen molar-refractivity contribution < 1.29 is 9.90 Å². The predicted octanol–water partition coefficient (Wildman–Crippen LogP) is 3.49. The van der Waals surface area contributed by atoms with Crippen LogP contribution in [0.3, 0.4) is 0 Å². The lowest BCUT2D eigenvalue weighted by Gasteiger charge is -2.03. The van der Waals surface area contributed by atoms with E-state index in [-0.39, 0.29) is 0 Å². The van der Waals surface area contributed by atoms with Gasteiger partial charge in [0, 0.05) is 0 Å². The molecule has 0 saturated carbocycles. The molecule has 0 aliphatic carbocycles. The van der Waals surface area contributed by atoms with Crippen molar-refractivity contribution in [2.75, 3.05) is 0 Å². The topological polar surface area (TPSA) is 37.3 Å². The van der Waals surface area contributed by atoms with E-state index in [4.69, 9.17) is 5.11 Å². The highest BCUT2D eigenvalue weighted by Gasteiger charge is 2.03. The number of rotatable bonds is 3. The second-order valence-corrected chi connectivity index (χ2v) is 3.95. The second-order valence-electron chi connectivity index (χ2n) is 3.95. The molecule has 0 aromatic heterocycles. The first-order chi connectivity index (χ1) is 7.70. The van der Waals surface area contributed by atoms with E-state index >= 15 is 0 Å². The fraction of sp³-hybridized carbons (Fsp3) is 0.214. The molecule has 0 radical (unpaired) electrons. The molecule has 0 unspecified atom stereocenters. The minimum absolute atomic E-state index is 0.343. The molecular weight excluding hydrogens is 200 g/mol. The van der Waals surface area contributed by atoms with Crippen LogP contribution in [0.1, 0.15) is 29.3 Å². The Bertz CT molecular complexity index is 529. The first-order valence-electron chi connectivity index (χ1n) is 5.46. The molecule has 0 fully saturated rings. The van der Waals surface area contributed by atoms with Crippen molar-refractivity contribution >= 4 is 16.7 Å². The van der Waals surface area contributed by atoms with Gasteiger partial charge in [-0.1, -0.05) is 37.6 Å². The number of aryl methyl sites for hydroxylation is 1. The number of benzene rings is 2. The van der Waals surface area contributed by atoms with Crippen LogP contribution >= 0.6 is 0 Å². The molecule has 0 aliphatic rings. The van der Waals surface area contributed by atoms with Crippen molar-refractivity contribution in [3.63, 3.8) is 0 Å². The highest BCUT2D eigenvalue weighted by Crippen LogP contribution is 2.18. The predicted molar refractivity (Wildman–Crippen MR) is 64.9 cm³/mol. The minimum Gasteiger partial charge on any atom is -0.478 e. The smallest absolute Gasteiger partial charge is 0.335 e.